The minimum atomic E-state index is -0.212. The van der Waals surface area contributed by atoms with Crippen molar-refractivity contribution in [1.82, 2.24) is 15.6 Å². The van der Waals surface area contributed by atoms with Crippen LogP contribution in [0.25, 0.3) is 10.9 Å². The van der Waals surface area contributed by atoms with Crippen LogP contribution in [0.3, 0.4) is 0 Å². The lowest BCUT2D eigenvalue weighted by molar-refractivity contribution is 0.626. The monoisotopic (exact) mass is 507 g/mol. The van der Waals surface area contributed by atoms with Crippen LogP contribution in [-0.4, -0.2) is 38.6 Å². The van der Waals surface area contributed by atoms with E-state index in [-0.39, 0.29) is 29.8 Å². The van der Waals surface area contributed by atoms with Gasteiger partial charge in [0.2, 0.25) is 0 Å². The van der Waals surface area contributed by atoms with Crippen molar-refractivity contribution in [2.45, 2.75) is 13.0 Å². The van der Waals surface area contributed by atoms with E-state index < -0.39 is 0 Å². The van der Waals surface area contributed by atoms with E-state index in [0.717, 1.165) is 40.2 Å². The number of halogens is 2. The number of para-hydroxylation sites is 1. The van der Waals surface area contributed by atoms with Gasteiger partial charge < -0.3 is 15.5 Å². The fraction of sp³-hybridized carbons (Fsp3) is 0.273. The molecule has 3 aromatic rings. The zero-order valence-electron chi connectivity index (χ0n) is 16.9. The van der Waals surface area contributed by atoms with Gasteiger partial charge in [0.25, 0.3) is 0 Å². The number of pyridine rings is 1. The maximum absolute atomic E-state index is 13.0. The molecule has 2 aromatic carbocycles. The van der Waals surface area contributed by atoms with E-state index >= 15 is 0 Å². The van der Waals surface area contributed by atoms with Gasteiger partial charge in [-0.15, -0.1) is 24.0 Å². The van der Waals surface area contributed by atoms with Gasteiger partial charge in [0.05, 0.1) is 5.52 Å². The van der Waals surface area contributed by atoms with Crippen molar-refractivity contribution in [3.63, 3.8) is 0 Å². The fourth-order valence-corrected chi connectivity index (χ4v) is 2.98. The Kier molecular flexibility index (Phi) is 8.63. The Morgan fingerprint density at radius 2 is 1.79 bits per heavy atom. The number of rotatable bonds is 6. The Balaban J connectivity index is 0.00000300. The Bertz CT molecular complexity index is 957. The highest BCUT2D eigenvalue weighted by atomic mass is 127. The third-order valence-corrected chi connectivity index (χ3v) is 4.54. The van der Waals surface area contributed by atoms with Crippen LogP contribution in [0.2, 0.25) is 0 Å². The van der Waals surface area contributed by atoms with E-state index in [4.69, 9.17) is 4.98 Å². The highest BCUT2D eigenvalue weighted by Gasteiger charge is 2.08. The molecule has 0 aliphatic carbocycles. The first-order valence-corrected chi connectivity index (χ1v) is 9.32. The Labute approximate surface area is 188 Å². The molecule has 0 spiro atoms. The first-order valence-electron chi connectivity index (χ1n) is 9.32. The molecule has 3 rings (SSSR count). The molecule has 0 aliphatic rings. The fourth-order valence-electron chi connectivity index (χ4n) is 2.98. The maximum Gasteiger partial charge on any atom is 0.191 e. The van der Waals surface area contributed by atoms with Crippen LogP contribution in [0, 0.1) is 5.82 Å². The summed E-state index contributed by atoms with van der Waals surface area (Å²) < 4.78 is 13.0. The minimum absolute atomic E-state index is 0. The summed E-state index contributed by atoms with van der Waals surface area (Å²) in [5.41, 5.74) is 3.22. The van der Waals surface area contributed by atoms with Crippen LogP contribution in [0.1, 0.15) is 11.1 Å². The number of hydrogen-bond acceptors (Lipinski definition) is 3. The van der Waals surface area contributed by atoms with Gasteiger partial charge in [-0.1, -0.05) is 30.3 Å². The Morgan fingerprint density at radius 3 is 2.48 bits per heavy atom. The summed E-state index contributed by atoms with van der Waals surface area (Å²) in [5.74, 6) is 1.44. The van der Waals surface area contributed by atoms with E-state index in [2.05, 4.69) is 27.8 Å². The van der Waals surface area contributed by atoms with Gasteiger partial charge in [0.1, 0.15) is 11.6 Å². The van der Waals surface area contributed by atoms with Crippen LogP contribution >= 0.6 is 24.0 Å². The lowest BCUT2D eigenvalue weighted by Crippen LogP contribution is -2.37. The number of nitrogens with zero attached hydrogens (tertiary/aromatic N) is 3. The average molecular weight is 507 g/mol. The van der Waals surface area contributed by atoms with Crippen molar-refractivity contribution in [2.75, 3.05) is 32.6 Å². The van der Waals surface area contributed by atoms with Crippen molar-refractivity contribution in [2.24, 2.45) is 4.99 Å². The van der Waals surface area contributed by atoms with Crippen LogP contribution in [0.15, 0.2) is 59.6 Å². The molecule has 0 unspecified atom stereocenters. The lowest BCUT2D eigenvalue weighted by atomic mass is 10.1. The van der Waals surface area contributed by atoms with Gasteiger partial charge in [0, 0.05) is 39.6 Å². The highest BCUT2D eigenvalue weighted by Crippen LogP contribution is 2.21. The Morgan fingerprint density at radius 1 is 1.07 bits per heavy atom. The third kappa shape index (κ3) is 6.28. The van der Waals surface area contributed by atoms with Gasteiger partial charge in [-0.05, 0) is 41.8 Å². The number of guanidine groups is 1. The van der Waals surface area contributed by atoms with Crippen LogP contribution in [-0.2, 0) is 13.0 Å². The standard InChI is InChI=1S/C22H26FN5.HI/c1-24-22(25-13-12-16-8-10-18(23)11-9-16)26-15-17-14-21(28(2)3)27-20-7-5-4-6-19(17)20;/h4-11,14H,12-13,15H2,1-3H3,(H2,24,25,26);1H. The van der Waals surface area contributed by atoms with E-state index in [1.165, 1.54) is 12.1 Å². The summed E-state index contributed by atoms with van der Waals surface area (Å²) in [6.45, 7) is 1.35. The molecule has 0 radical (unpaired) electrons. The van der Waals surface area contributed by atoms with Crippen molar-refractivity contribution in [1.29, 1.82) is 0 Å². The van der Waals surface area contributed by atoms with Crippen molar-refractivity contribution in [3.8, 4) is 0 Å². The number of hydrogen-bond donors (Lipinski definition) is 2. The summed E-state index contributed by atoms with van der Waals surface area (Å²) in [4.78, 5) is 11.0. The van der Waals surface area contributed by atoms with Crippen LogP contribution in [0.4, 0.5) is 10.2 Å². The number of anilines is 1. The molecular formula is C22H27FIN5. The number of benzene rings is 2. The van der Waals surface area contributed by atoms with Gasteiger partial charge in [-0.2, -0.15) is 0 Å². The topological polar surface area (TPSA) is 52.6 Å². The number of aromatic nitrogens is 1. The van der Waals surface area contributed by atoms with Crippen molar-refractivity contribution in [3.05, 3.63) is 71.5 Å². The molecule has 154 valence electrons. The van der Waals surface area contributed by atoms with Crippen LogP contribution < -0.4 is 15.5 Å². The quantitative estimate of drug-likeness (QED) is 0.301. The summed E-state index contributed by atoms with van der Waals surface area (Å²) in [5, 5.41) is 7.81. The molecule has 7 heteroatoms. The maximum atomic E-state index is 13.0. The largest absolute Gasteiger partial charge is 0.363 e. The van der Waals surface area contributed by atoms with E-state index in [1.807, 2.05) is 37.2 Å². The van der Waals surface area contributed by atoms with E-state index in [0.29, 0.717) is 13.1 Å². The molecule has 0 saturated heterocycles. The van der Waals surface area contributed by atoms with Crippen molar-refractivity contribution < 1.29 is 4.39 Å². The van der Waals surface area contributed by atoms with Gasteiger partial charge >= 0.3 is 0 Å². The molecule has 0 aliphatic heterocycles. The minimum Gasteiger partial charge on any atom is -0.363 e. The molecular weight excluding hydrogens is 480 g/mol. The molecule has 2 N–H and O–H groups in total. The normalized spacial score (nSPS) is 11.1. The second kappa shape index (κ2) is 10.9. The first-order chi connectivity index (χ1) is 13.6. The second-order valence-electron chi connectivity index (χ2n) is 6.78. The zero-order chi connectivity index (χ0) is 19.9. The predicted octanol–water partition coefficient (Wildman–Crippen LogP) is 3.97. The molecule has 0 amide bonds. The predicted molar refractivity (Wildman–Crippen MR) is 130 cm³/mol. The average Bonchev–Trinajstić information content (AvgIpc) is 2.71. The van der Waals surface area contributed by atoms with E-state index in [1.54, 1.807) is 19.2 Å². The summed E-state index contributed by atoms with van der Waals surface area (Å²) in [7, 11) is 5.73. The molecule has 1 aromatic heterocycles. The zero-order valence-corrected chi connectivity index (χ0v) is 19.3. The molecule has 0 atom stereocenters. The van der Waals surface area contributed by atoms with Crippen molar-refractivity contribution >= 4 is 46.7 Å². The smallest absolute Gasteiger partial charge is 0.191 e. The number of nitrogens with one attached hydrogen (secondary N) is 2. The van der Waals surface area contributed by atoms with Gasteiger partial charge in [-0.25, -0.2) is 9.37 Å². The molecule has 1 heterocycles. The molecule has 5 nitrogen and oxygen atoms in total. The lowest BCUT2D eigenvalue weighted by Gasteiger charge is -2.17. The molecule has 29 heavy (non-hydrogen) atoms. The van der Waals surface area contributed by atoms with E-state index in [9.17, 15) is 4.39 Å². The van der Waals surface area contributed by atoms with Crippen LogP contribution in [0.5, 0.6) is 0 Å². The highest BCUT2D eigenvalue weighted by molar-refractivity contribution is 14.0. The first kappa shape index (κ1) is 22.9. The summed E-state index contributed by atoms with van der Waals surface area (Å²) in [6.07, 6.45) is 0.796. The third-order valence-electron chi connectivity index (χ3n) is 4.54. The molecule has 0 saturated carbocycles. The number of fused-ring (bicyclic) bond motifs is 1. The SMILES string of the molecule is CN=C(NCCc1ccc(F)cc1)NCc1cc(N(C)C)nc2ccccc12.I. The Hall–Kier alpha value is -2.42. The molecule has 0 bridgehead atoms. The van der Waals surface area contributed by atoms with Gasteiger partial charge in [-0.3, -0.25) is 4.99 Å². The number of aliphatic imine (C=N–C) groups is 1. The summed E-state index contributed by atoms with van der Waals surface area (Å²) >= 11 is 0. The van der Waals surface area contributed by atoms with Gasteiger partial charge in [0.15, 0.2) is 5.96 Å². The second-order valence-corrected chi connectivity index (χ2v) is 6.78. The summed E-state index contributed by atoms with van der Waals surface area (Å²) in [6, 6.07) is 16.8. The molecule has 0 fully saturated rings.